The molecule has 0 aliphatic heterocycles. The molecule has 0 fully saturated rings. The highest BCUT2D eigenvalue weighted by molar-refractivity contribution is 8.08. The SMILES string of the molecule is CC(O)CSCCSCC(CSCC(C)O)(CSCC(C)O)SCCSCC(C)O. The first-order valence-electron chi connectivity index (χ1n) is 10.4. The van der Waals surface area contributed by atoms with Gasteiger partial charge in [0.2, 0.25) is 0 Å². The Hall–Kier alpha value is 1.94. The van der Waals surface area contributed by atoms with Gasteiger partial charge in [-0.25, -0.2) is 0 Å². The molecule has 0 saturated heterocycles. The fraction of sp³-hybridized carbons (Fsp3) is 1.00. The Morgan fingerprint density at radius 1 is 0.500 bits per heavy atom. The van der Waals surface area contributed by atoms with E-state index in [2.05, 4.69) is 0 Å². The van der Waals surface area contributed by atoms with Gasteiger partial charge in [-0.05, 0) is 27.7 Å². The van der Waals surface area contributed by atoms with Crippen LogP contribution in [0.4, 0.5) is 0 Å². The van der Waals surface area contributed by atoms with Gasteiger partial charge in [-0.2, -0.15) is 70.6 Å². The van der Waals surface area contributed by atoms with Crippen LogP contribution in [0.25, 0.3) is 0 Å². The Morgan fingerprint density at radius 2 is 0.833 bits per heavy atom. The molecule has 0 aromatic rings. The van der Waals surface area contributed by atoms with Gasteiger partial charge in [0.05, 0.1) is 24.4 Å². The summed E-state index contributed by atoms with van der Waals surface area (Å²) in [5.74, 6) is 10.3. The maximum absolute atomic E-state index is 9.69. The van der Waals surface area contributed by atoms with E-state index in [1.54, 1.807) is 23.5 Å². The van der Waals surface area contributed by atoms with Crippen LogP contribution >= 0.6 is 70.6 Å². The largest absolute Gasteiger partial charge is 0.393 e. The molecule has 0 rings (SSSR count). The van der Waals surface area contributed by atoms with Gasteiger partial charge in [0.15, 0.2) is 0 Å². The van der Waals surface area contributed by atoms with Crippen molar-refractivity contribution in [3.05, 3.63) is 0 Å². The number of aliphatic hydroxyl groups excluding tert-OH is 4. The van der Waals surface area contributed by atoms with Gasteiger partial charge >= 0.3 is 0 Å². The van der Waals surface area contributed by atoms with Crippen LogP contribution in [0.3, 0.4) is 0 Å². The summed E-state index contributed by atoms with van der Waals surface area (Å²) in [4.78, 5) is 0. The van der Waals surface area contributed by atoms with Crippen LogP contribution in [-0.2, 0) is 0 Å². The summed E-state index contributed by atoms with van der Waals surface area (Å²) in [6.07, 6.45) is -1.10. The van der Waals surface area contributed by atoms with E-state index >= 15 is 0 Å². The summed E-state index contributed by atoms with van der Waals surface area (Å²) in [7, 11) is 0. The van der Waals surface area contributed by atoms with E-state index in [0.717, 1.165) is 63.3 Å². The van der Waals surface area contributed by atoms with Crippen LogP contribution in [0, 0.1) is 0 Å². The lowest BCUT2D eigenvalue weighted by molar-refractivity contribution is 0.220. The molecule has 0 aromatic heterocycles. The highest BCUT2D eigenvalue weighted by Gasteiger charge is 2.31. The maximum Gasteiger partial charge on any atom is 0.0602 e. The molecule has 0 spiro atoms. The first-order chi connectivity index (χ1) is 14.2. The molecule has 4 nitrogen and oxygen atoms in total. The first kappa shape index (κ1) is 31.9. The Kier molecular flexibility index (Phi) is 21.6. The van der Waals surface area contributed by atoms with Crippen molar-refractivity contribution in [2.75, 3.05) is 63.3 Å². The summed E-state index contributed by atoms with van der Waals surface area (Å²) >= 11 is 11.2. The van der Waals surface area contributed by atoms with Gasteiger partial charge in [0, 0.05) is 68.0 Å². The third-order valence-electron chi connectivity index (χ3n) is 3.54. The highest BCUT2D eigenvalue weighted by Crippen LogP contribution is 2.37. The number of rotatable bonds is 21. The third-order valence-corrected chi connectivity index (χ3v) is 12.7. The van der Waals surface area contributed by atoms with Crippen LogP contribution in [0.1, 0.15) is 27.7 Å². The molecule has 0 aliphatic rings. The molecule has 0 bridgehead atoms. The van der Waals surface area contributed by atoms with Gasteiger partial charge in [-0.15, -0.1) is 0 Å². The second kappa shape index (κ2) is 20.3. The molecular formula is C20H42O4S6. The van der Waals surface area contributed by atoms with Crippen molar-refractivity contribution in [3.8, 4) is 0 Å². The average Bonchev–Trinajstić information content (AvgIpc) is 2.63. The summed E-state index contributed by atoms with van der Waals surface area (Å²) in [5.41, 5.74) is 0. The van der Waals surface area contributed by atoms with Crippen LogP contribution < -0.4 is 0 Å². The molecule has 0 aliphatic carbocycles. The van der Waals surface area contributed by atoms with E-state index in [9.17, 15) is 20.4 Å². The molecule has 0 saturated carbocycles. The van der Waals surface area contributed by atoms with Crippen molar-refractivity contribution in [1.29, 1.82) is 0 Å². The fourth-order valence-corrected chi connectivity index (χ4v) is 10.4. The van der Waals surface area contributed by atoms with E-state index in [1.807, 2.05) is 74.7 Å². The van der Waals surface area contributed by atoms with E-state index < -0.39 is 0 Å². The van der Waals surface area contributed by atoms with E-state index in [0.29, 0.717) is 0 Å². The molecule has 4 atom stereocenters. The third kappa shape index (κ3) is 20.5. The van der Waals surface area contributed by atoms with Crippen LogP contribution in [-0.4, -0.2) is 113 Å². The molecule has 0 heterocycles. The van der Waals surface area contributed by atoms with Gasteiger partial charge < -0.3 is 20.4 Å². The average molecular weight is 539 g/mol. The van der Waals surface area contributed by atoms with Gasteiger partial charge in [-0.3, -0.25) is 0 Å². The predicted molar refractivity (Wildman–Crippen MR) is 149 cm³/mol. The van der Waals surface area contributed by atoms with Crippen LogP contribution in [0.5, 0.6) is 0 Å². The topological polar surface area (TPSA) is 80.9 Å². The summed E-state index contributed by atoms with van der Waals surface area (Å²) in [5, 5.41) is 38.3. The van der Waals surface area contributed by atoms with Crippen molar-refractivity contribution in [3.63, 3.8) is 0 Å². The molecule has 30 heavy (non-hydrogen) atoms. The minimum Gasteiger partial charge on any atom is -0.393 e. The molecule has 0 radical (unpaired) electrons. The maximum atomic E-state index is 9.69. The van der Waals surface area contributed by atoms with Gasteiger partial charge in [-0.1, -0.05) is 0 Å². The lowest BCUT2D eigenvalue weighted by atomic mass is 10.2. The van der Waals surface area contributed by atoms with Crippen LogP contribution in [0.15, 0.2) is 0 Å². The molecule has 182 valence electrons. The van der Waals surface area contributed by atoms with Gasteiger partial charge in [0.25, 0.3) is 0 Å². The Bertz CT molecular complexity index is 372. The minimum absolute atomic E-state index is 0.101. The molecule has 4 unspecified atom stereocenters. The van der Waals surface area contributed by atoms with E-state index in [-0.39, 0.29) is 29.2 Å². The Morgan fingerprint density at radius 3 is 1.27 bits per heavy atom. The van der Waals surface area contributed by atoms with Crippen molar-refractivity contribution >= 4 is 70.6 Å². The number of hydrogen-bond acceptors (Lipinski definition) is 10. The number of aliphatic hydroxyl groups is 4. The molecule has 4 N–H and O–H groups in total. The highest BCUT2D eigenvalue weighted by atomic mass is 32.2. The minimum atomic E-state index is -0.297. The van der Waals surface area contributed by atoms with Crippen LogP contribution in [0.2, 0.25) is 0 Å². The Balaban J connectivity index is 4.78. The summed E-state index contributed by atoms with van der Waals surface area (Å²) in [6.45, 7) is 7.34. The lowest BCUT2D eigenvalue weighted by Gasteiger charge is -2.33. The Labute approximate surface area is 210 Å². The van der Waals surface area contributed by atoms with E-state index in [4.69, 9.17) is 0 Å². The van der Waals surface area contributed by atoms with E-state index in [1.165, 1.54) is 0 Å². The van der Waals surface area contributed by atoms with Gasteiger partial charge in [0.1, 0.15) is 0 Å². The monoisotopic (exact) mass is 538 g/mol. The number of hydrogen-bond donors (Lipinski definition) is 4. The zero-order valence-corrected chi connectivity index (χ0v) is 23.7. The summed E-state index contributed by atoms with van der Waals surface area (Å²) in [6, 6.07) is 0. The quantitative estimate of drug-likeness (QED) is 0.163. The molecule has 0 amide bonds. The number of thioether (sulfide) groups is 6. The molecular weight excluding hydrogens is 497 g/mol. The van der Waals surface area contributed by atoms with Crippen molar-refractivity contribution in [2.45, 2.75) is 56.9 Å². The fourth-order valence-electron chi connectivity index (χ4n) is 2.28. The molecule has 0 aromatic carbocycles. The van der Waals surface area contributed by atoms with Crippen molar-refractivity contribution in [2.24, 2.45) is 0 Å². The zero-order valence-electron chi connectivity index (χ0n) is 18.8. The van der Waals surface area contributed by atoms with Crippen molar-refractivity contribution in [1.82, 2.24) is 0 Å². The summed E-state index contributed by atoms with van der Waals surface area (Å²) < 4.78 is 0.101. The second-order valence-corrected chi connectivity index (χ2v) is 14.7. The predicted octanol–water partition coefficient (Wildman–Crippen LogP) is 3.65. The molecule has 10 heteroatoms. The smallest absolute Gasteiger partial charge is 0.0602 e. The zero-order chi connectivity index (χ0) is 22.8. The normalized spacial score (nSPS) is 18.0. The van der Waals surface area contributed by atoms with Crippen molar-refractivity contribution < 1.29 is 20.4 Å². The second-order valence-electron chi connectivity index (χ2n) is 7.66. The lowest BCUT2D eigenvalue weighted by Crippen LogP contribution is -2.36. The first-order valence-corrected chi connectivity index (χ1v) is 17.2. The standard InChI is InChI=1S/C20H42O4S6/c1-16(21)9-25-5-6-27-13-20(14-28-11-18(3)23,15-29-12-19(4)24)30-8-7-26-10-17(2)22/h16-19,21-24H,5-15H2,1-4H3.